The minimum Gasteiger partial charge on any atom is -0.324 e. The first-order valence-corrected chi connectivity index (χ1v) is 20.0. The Kier molecular flexibility index (Phi) is 7.57. The number of aromatic amines is 2. The summed E-state index contributed by atoms with van der Waals surface area (Å²) >= 11 is 0. The van der Waals surface area contributed by atoms with Crippen molar-refractivity contribution in [3.05, 3.63) is 89.5 Å². The summed E-state index contributed by atoms with van der Waals surface area (Å²) in [6, 6.07) is 23.2. The maximum absolute atomic E-state index is 12.4. The van der Waals surface area contributed by atoms with Crippen LogP contribution in [0.3, 0.4) is 0 Å². The molecule has 7 aromatic rings. The Morgan fingerprint density at radius 2 is 0.804 bits per heavy atom. The second-order valence-electron chi connectivity index (χ2n) is 17.8. The van der Waals surface area contributed by atoms with E-state index in [1.807, 2.05) is 12.1 Å². The highest BCUT2D eigenvalue weighted by atomic mass is 32.2. The number of rotatable bonds is 1. The van der Waals surface area contributed by atoms with Crippen LogP contribution in [0.25, 0.3) is 89.7 Å². The highest BCUT2D eigenvalue weighted by Crippen LogP contribution is 2.41. The fraction of sp³-hybridized carbons (Fsp3) is 0.273. The van der Waals surface area contributed by atoms with Crippen LogP contribution in [0.1, 0.15) is 79.0 Å². The molecule has 8 bridgehead atoms. The molecule has 4 aromatic carbocycles. The first-order valence-electron chi connectivity index (χ1n) is 18.6. The minimum atomic E-state index is -4.52. The van der Waals surface area contributed by atoms with Gasteiger partial charge in [-0.2, -0.15) is 8.42 Å². The number of H-pyrrole nitrogens is 2. The van der Waals surface area contributed by atoms with Gasteiger partial charge in [-0.25, -0.2) is 29.9 Å². The van der Waals surface area contributed by atoms with Crippen molar-refractivity contribution in [1.29, 1.82) is 0 Å². The molecular weight excluding hydrogens is 721 g/mol. The Hall–Kier alpha value is -5.85. The highest BCUT2D eigenvalue weighted by molar-refractivity contribution is 7.85. The summed E-state index contributed by atoms with van der Waals surface area (Å²) in [7, 11) is -4.52. The smallest absolute Gasteiger partial charge is 0.294 e. The van der Waals surface area contributed by atoms with Crippen molar-refractivity contribution in [1.82, 2.24) is 39.9 Å². The zero-order chi connectivity index (χ0) is 39.7. The van der Waals surface area contributed by atoms with Gasteiger partial charge in [0.05, 0.1) is 4.90 Å². The lowest BCUT2D eigenvalue weighted by atomic mass is 9.85. The summed E-state index contributed by atoms with van der Waals surface area (Å²) in [6.45, 7) is 19.5. The Morgan fingerprint density at radius 1 is 0.429 bits per heavy atom. The van der Waals surface area contributed by atoms with Gasteiger partial charge in [-0.15, -0.1) is 0 Å². The summed E-state index contributed by atoms with van der Waals surface area (Å²) in [5.41, 5.74) is 8.12. The van der Waals surface area contributed by atoms with Crippen LogP contribution >= 0.6 is 0 Å². The Bertz CT molecular complexity index is 3120. The molecule has 0 radical (unpaired) electrons. The molecule has 0 spiro atoms. The van der Waals surface area contributed by atoms with Crippen molar-refractivity contribution < 1.29 is 13.0 Å². The summed E-state index contributed by atoms with van der Waals surface area (Å²) in [4.78, 5) is 37.3. The third-order valence-corrected chi connectivity index (χ3v) is 11.5. The van der Waals surface area contributed by atoms with Crippen molar-refractivity contribution in [3.63, 3.8) is 0 Å². The van der Waals surface area contributed by atoms with Gasteiger partial charge < -0.3 is 9.97 Å². The number of nitrogens with zero attached hydrogens (tertiary/aromatic N) is 6. The molecule has 12 heteroatoms. The largest absolute Gasteiger partial charge is 0.324 e. The van der Waals surface area contributed by atoms with E-state index in [9.17, 15) is 13.0 Å². The molecule has 0 saturated carbocycles. The molecule has 3 N–H and O–H groups in total. The summed E-state index contributed by atoms with van der Waals surface area (Å²) in [6.07, 6.45) is 0. The average molecular weight is 763 g/mol. The van der Waals surface area contributed by atoms with Crippen molar-refractivity contribution in [2.45, 2.75) is 83.5 Å². The van der Waals surface area contributed by atoms with Crippen molar-refractivity contribution in [2.75, 3.05) is 0 Å². The van der Waals surface area contributed by atoms with Gasteiger partial charge in [0.1, 0.15) is 22.6 Å². The summed E-state index contributed by atoms with van der Waals surface area (Å²) in [5, 5.41) is 2.71. The molecule has 0 saturated heterocycles. The van der Waals surface area contributed by atoms with E-state index in [1.165, 1.54) is 12.1 Å². The SMILES string of the molecule is CC(C)(C)c1ccc2c(c1)-c1nc3nc(nc4[nH]c(nc5[nH]c(nc-2n1)c1cc(C(C)(C)C)ccc51)c1cc(S(=O)(=O)O)ccc41)-c1cc(C(C)(C)C)ccc1-3. The van der Waals surface area contributed by atoms with Gasteiger partial charge in [-0.1, -0.05) is 98.7 Å². The molecule has 0 unspecified atom stereocenters. The monoisotopic (exact) mass is 762 g/mol. The molecular formula is C44H42N8O3S. The maximum atomic E-state index is 12.4. The fourth-order valence-electron chi connectivity index (χ4n) is 7.33. The van der Waals surface area contributed by atoms with E-state index in [0.29, 0.717) is 56.7 Å². The van der Waals surface area contributed by atoms with Gasteiger partial charge in [0.25, 0.3) is 10.1 Å². The molecule has 5 heterocycles. The number of nitrogens with one attached hydrogen (secondary N) is 2. The molecule has 0 aliphatic carbocycles. The maximum Gasteiger partial charge on any atom is 0.294 e. The zero-order valence-corrected chi connectivity index (χ0v) is 33.6. The van der Waals surface area contributed by atoms with Crippen LogP contribution in [0.5, 0.6) is 0 Å². The van der Waals surface area contributed by atoms with Gasteiger partial charge in [-0.05, 0) is 69.3 Å². The van der Waals surface area contributed by atoms with E-state index in [1.54, 1.807) is 6.07 Å². The molecule has 2 aliphatic heterocycles. The van der Waals surface area contributed by atoms with E-state index in [-0.39, 0.29) is 21.1 Å². The van der Waals surface area contributed by atoms with Crippen molar-refractivity contribution in [3.8, 4) is 45.6 Å². The van der Waals surface area contributed by atoms with E-state index < -0.39 is 10.1 Å². The van der Waals surface area contributed by atoms with E-state index in [2.05, 4.69) is 115 Å². The van der Waals surface area contributed by atoms with Gasteiger partial charge in [0.2, 0.25) is 0 Å². The number of hydrogen-bond acceptors (Lipinski definition) is 8. The van der Waals surface area contributed by atoms with Crippen LogP contribution in [0, 0.1) is 0 Å². The number of hydrogen-bond donors (Lipinski definition) is 3. The topological polar surface area (TPSA) is 163 Å². The fourth-order valence-corrected chi connectivity index (χ4v) is 7.84. The lowest BCUT2D eigenvalue weighted by molar-refractivity contribution is 0.483. The quantitative estimate of drug-likeness (QED) is 0.138. The Labute approximate surface area is 324 Å². The minimum absolute atomic E-state index is 0.120. The molecule has 0 atom stereocenters. The molecule has 56 heavy (non-hydrogen) atoms. The third-order valence-electron chi connectivity index (χ3n) is 10.7. The third kappa shape index (κ3) is 5.95. The standard InChI is InChI=1S/C44H42N8O3S/c1-42(2,3)22-10-14-26-30(18-22)38-45-34(26)47-39-32-20-24(44(7,8)9)12-16-28(32)36(49-39)51-41-33-21-25(56(53,54)55)13-17-29(33)37(52-41)50-40-31-19-23(43(4,5)6)11-15-27(31)35(46-38)48-40/h10-21H,1-9H3,(H,53,54,55)(H2,45,46,47,48,49,50,51,52). The average Bonchev–Trinajstić information content (AvgIpc) is 3.84. The second kappa shape index (κ2) is 11.8. The number of aromatic nitrogens is 8. The highest BCUT2D eigenvalue weighted by Gasteiger charge is 2.27. The first kappa shape index (κ1) is 35.8. The van der Waals surface area contributed by atoms with Crippen LogP contribution in [-0.2, 0) is 26.4 Å². The molecule has 11 nitrogen and oxygen atoms in total. The molecule has 0 fully saturated rings. The van der Waals surface area contributed by atoms with Crippen molar-refractivity contribution in [2.24, 2.45) is 0 Å². The molecule has 9 rings (SSSR count). The van der Waals surface area contributed by atoms with Crippen LogP contribution in [-0.4, -0.2) is 52.8 Å². The normalized spacial score (nSPS) is 13.3. The van der Waals surface area contributed by atoms with E-state index in [0.717, 1.165) is 49.7 Å². The zero-order valence-electron chi connectivity index (χ0n) is 32.8. The Balaban J connectivity index is 1.48. The van der Waals surface area contributed by atoms with Gasteiger partial charge in [-0.3, -0.25) is 4.55 Å². The Morgan fingerprint density at radius 3 is 1.32 bits per heavy atom. The number of benzene rings is 4. The number of fused-ring (bicyclic) bond motifs is 20. The predicted molar refractivity (Wildman–Crippen MR) is 222 cm³/mol. The van der Waals surface area contributed by atoms with Crippen LogP contribution in [0.4, 0.5) is 0 Å². The van der Waals surface area contributed by atoms with E-state index >= 15 is 0 Å². The lowest BCUT2D eigenvalue weighted by Gasteiger charge is -2.20. The predicted octanol–water partition coefficient (Wildman–Crippen LogP) is 10.0. The van der Waals surface area contributed by atoms with Crippen molar-refractivity contribution >= 4 is 54.3 Å². The molecule has 0 amide bonds. The van der Waals surface area contributed by atoms with Crippen LogP contribution < -0.4 is 0 Å². The second-order valence-corrected chi connectivity index (χ2v) is 19.2. The molecule has 2 aliphatic rings. The lowest BCUT2D eigenvalue weighted by Crippen LogP contribution is -2.11. The van der Waals surface area contributed by atoms with Crippen LogP contribution in [0.2, 0.25) is 0 Å². The van der Waals surface area contributed by atoms with Crippen LogP contribution in [0.15, 0.2) is 77.7 Å². The molecule has 282 valence electrons. The van der Waals surface area contributed by atoms with Gasteiger partial charge in [0, 0.05) is 43.8 Å². The molecule has 3 aromatic heterocycles. The van der Waals surface area contributed by atoms with Gasteiger partial charge >= 0.3 is 0 Å². The first-order chi connectivity index (χ1) is 26.2. The van der Waals surface area contributed by atoms with E-state index in [4.69, 9.17) is 29.9 Å². The summed E-state index contributed by atoms with van der Waals surface area (Å²) < 4.78 is 34.8. The summed E-state index contributed by atoms with van der Waals surface area (Å²) in [5.74, 6) is 1.91. The van der Waals surface area contributed by atoms with Gasteiger partial charge in [0.15, 0.2) is 23.3 Å².